The molecule has 3 N–H and O–H groups in total. The number of hydrazine groups is 1. The van der Waals surface area contributed by atoms with Crippen molar-refractivity contribution in [3.05, 3.63) is 42.0 Å². The van der Waals surface area contributed by atoms with Crippen molar-refractivity contribution in [1.29, 1.82) is 0 Å². The van der Waals surface area contributed by atoms with Crippen LogP contribution in [0.5, 0.6) is 0 Å². The quantitative estimate of drug-likeness (QED) is 0.679. The zero-order valence-corrected chi connectivity index (χ0v) is 9.70. The van der Waals surface area contributed by atoms with E-state index in [9.17, 15) is 9.59 Å². The van der Waals surface area contributed by atoms with E-state index in [2.05, 4.69) is 15.7 Å². The van der Waals surface area contributed by atoms with E-state index in [0.717, 1.165) is 10.6 Å². The molecule has 0 aromatic heterocycles. The van der Waals surface area contributed by atoms with E-state index < -0.39 is 12.3 Å². The molecule has 2 aliphatic rings. The van der Waals surface area contributed by atoms with E-state index in [-0.39, 0.29) is 11.7 Å². The molecule has 0 aliphatic carbocycles. The standard InChI is InChI=1S/C12H10N4O3/c17-9-6-8(7-4-2-1-3-5-7)13-12-14-10(11(18)19)15-16(9)12/h1-6,12-13H,(H,14,15)(H,18,19)/t12-/m0/s1. The number of nitrogens with zero attached hydrogens (tertiary/aromatic N) is 2. The van der Waals surface area contributed by atoms with Gasteiger partial charge in [-0.25, -0.2) is 14.8 Å². The molecule has 1 atom stereocenters. The molecule has 0 saturated carbocycles. The van der Waals surface area contributed by atoms with Crippen LogP contribution in [-0.4, -0.2) is 34.1 Å². The molecule has 0 radical (unpaired) electrons. The molecule has 2 aliphatic heterocycles. The van der Waals surface area contributed by atoms with Crippen LogP contribution in [-0.2, 0) is 9.59 Å². The lowest BCUT2D eigenvalue weighted by Gasteiger charge is -2.28. The molecule has 3 rings (SSSR count). The highest BCUT2D eigenvalue weighted by atomic mass is 16.4. The molecule has 0 saturated heterocycles. The van der Waals surface area contributed by atoms with Gasteiger partial charge in [0, 0.05) is 6.08 Å². The fraction of sp³-hybridized carbons (Fsp3) is 0.0833. The zero-order chi connectivity index (χ0) is 13.4. The molecule has 7 nitrogen and oxygen atoms in total. The van der Waals surface area contributed by atoms with E-state index in [1.54, 1.807) is 0 Å². The highest BCUT2D eigenvalue weighted by molar-refractivity contribution is 6.35. The summed E-state index contributed by atoms with van der Waals surface area (Å²) in [4.78, 5) is 26.6. The Hall–Kier alpha value is -2.83. The van der Waals surface area contributed by atoms with Crippen molar-refractivity contribution in [3.63, 3.8) is 0 Å². The van der Waals surface area contributed by atoms with Gasteiger partial charge in [-0.2, -0.15) is 0 Å². The molecule has 0 fully saturated rings. The normalized spacial score (nSPS) is 20.9. The Balaban J connectivity index is 1.90. The maximum Gasteiger partial charge on any atom is 0.373 e. The van der Waals surface area contributed by atoms with Crippen molar-refractivity contribution < 1.29 is 14.7 Å². The number of aliphatic imine (C=N–C) groups is 1. The number of rotatable bonds is 2. The van der Waals surface area contributed by atoms with Gasteiger partial charge in [0.2, 0.25) is 12.1 Å². The third kappa shape index (κ3) is 1.90. The van der Waals surface area contributed by atoms with Crippen molar-refractivity contribution in [2.45, 2.75) is 6.29 Å². The molecular formula is C12H10N4O3. The number of carbonyl (C=O) groups excluding carboxylic acids is 1. The molecule has 1 amide bonds. The van der Waals surface area contributed by atoms with Gasteiger partial charge >= 0.3 is 5.97 Å². The summed E-state index contributed by atoms with van der Waals surface area (Å²) in [5.74, 6) is -1.80. The van der Waals surface area contributed by atoms with E-state index in [1.165, 1.54) is 6.08 Å². The lowest BCUT2D eigenvalue weighted by Crippen LogP contribution is -2.53. The van der Waals surface area contributed by atoms with E-state index in [0.29, 0.717) is 5.70 Å². The predicted octanol–water partition coefficient (Wildman–Crippen LogP) is -0.256. The summed E-state index contributed by atoms with van der Waals surface area (Å²) in [5.41, 5.74) is 3.90. The minimum Gasteiger partial charge on any atom is -0.475 e. The number of amides is 1. The number of nitrogens with one attached hydrogen (secondary N) is 2. The first kappa shape index (κ1) is 11.3. The smallest absolute Gasteiger partial charge is 0.373 e. The van der Waals surface area contributed by atoms with Gasteiger partial charge in [-0.15, -0.1) is 0 Å². The first-order valence-electron chi connectivity index (χ1n) is 5.60. The van der Waals surface area contributed by atoms with E-state index >= 15 is 0 Å². The van der Waals surface area contributed by atoms with Crippen LogP contribution in [0.2, 0.25) is 0 Å². The Morgan fingerprint density at radius 3 is 2.74 bits per heavy atom. The van der Waals surface area contributed by atoms with Gasteiger partial charge in [0.1, 0.15) is 0 Å². The summed E-state index contributed by atoms with van der Waals surface area (Å²) in [6.45, 7) is 0. The maximum absolute atomic E-state index is 11.9. The number of aliphatic carboxylic acids is 1. The largest absolute Gasteiger partial charge is 0.475 e. The molecule has 0 bridgehead atoms. The fourth-order valence-electron chi connectivity index (χ4n) is 1.92. The SMILES string of the molecule is O=C(O)C1=N[C@@H]2NC(c3ccccc3)=CC(=O)N2N1. The summed E-state index contributed by atoms with van der Waals surface area (Å²) in [6.07, 6.45) is 0.665. The first-order chi connectivity index (χ1) is 9.15. The second kappa shape index (κ2) is 4.13. The fourth-order valence-corrected chi connectivity index (χ4v) is 1.92. The number of benzene rings is 1. The van der Waals surface area contributed by atoms with Crippen LogP contribution in [0.3, 0.4) is 0 Å². The Kier molecular flexibility index (Phi) is 2.45. The third-order valence-electron chi connectivity index (χ3n) is 2.80. The first-order valence-corrected chi connectivity index (χ1v) is 5.60. The molecule has 96 valence electrons. The highest BCUT2D eigenvalue weighted by Gasteiger charge is 2.35. The second-order valence-electron chi connectivity index (χ2n) is 4.04. The summed E-state index contributed by atoms with van der Waals surface area (Å²) in [6, 6.07) is 9.29. The second-order valence-corrected chi connectivity index (χ2v) is 4.04. The average Bonchev–Trinajstić information content (AvgIpc) is 2.84. The van der Waals surface area contributed by atoms with Crippen molar-refractivity contribution in [2.75, 3.05) is 0 Å². The monoisotopic (exact) mass is 258 g/mol. The van der Waals surface area contributed by atoms with Gasteiger partial charge in [-0.3, -0.25) is 10.2 Å². The Morgan fingerprint density at radius 1 is 1.32 bits per heavy atom. The highest BCUT2D eigenvalue weighted by Crippen LogP contribution is 2.19. The van der Waals surface area contributed by atoms with Gasteiger partial charge in [-0.05, 0) is 5.56 Å². The molecule has 1 aromatic carbocycles. The molecule has 2 heterocycles. The van der Waals surface area contributed by atoms with Crippen molar-refractivity contribution in [3.8, 4) is 0 Å². The van der Waals surface area contributed by atoms with Crippen molar-refractivity contribution in [1.82, 2.24) is 15.8 Å². The zero-order valence-electron chi connectivity index (χ0n) is 9.70. The number of carboxylic acid groups (broad SMARTS) is 1. The maximum atomic E-state index is 11.9. The van der Waals surface area contributed by atoms with Gasteiger partial charge in [0.15, 0.2) is 0 Å². The van der Waals surface area contributed by atoms with Crippen LogP contribution in [0.15, 0.2) is 41.4 Å². The minimum atomic E-state index is -1.20. The summed E-state index contributed by atoms with van der Waals surface area (Å²) < 4.78 is 0. The van der Waals surface area contributed by atoms with Crippen LogP contribution in [0.25, 0.3) is 5.70 Å². The third-order valence-corrected chi connectivity index (χ3v) is 2.80. The van der Waals surface area contributed by atoms with Crippen LogP contribution in [0.1, 0.15) is 5.56 Å². The minimum absolute atomic E-state index is 0.256. The van der Waals surface area contributed by atoms with Crippen LogP contribution >= 0.6 is 0 Å². The number of hydrogen-bond acceptors (Lipinski definition) is 5. The van der Waals surface area contributed by atoms with Crippen LogP contribution in [0.4, 0.5) is 0 Å². The van der Waals surface area contributed by atoms with Crippen molar-refractivity contribution in [2.24, 2.45) is 4.99 Å². The van der Waals surface area contributed by atoms with E-state index in [1.807, 2.05) is 30.3 Å². The van der Waals surface area contributed by atoms with Gasteiger partial charge < -0.3 is 10.4 Å². The van der Waals surface area contributed by atoms with E-state index in [4.69, 9.17) is 5.11 Å². The lowest BCUT2D eigenvalue weighted by atomic mass is 10.1. The lowest BCUT2D eigenvalue weighted by molar-refractivity contribution is -0.131. The number of fused-ring (bicyclic) bond motifs is 1. The number of carboxylic acids is 1. The molecule has 19 heavy (non-hydrogen) atoms. The van der Waals surface area contributed by atoms with Crippen LogP contribution in [0, 0.1) is 0 Å². The van der Waals surface area contributed by atoms with Crippen molar-refractivity contribution >= 4 is 23.4 Å². The predicted molar refractivity (Wildman–Crippen MR) is 66.4 cm³/mol. The summed E-state index contributed by atoms with van der Waals surface area (Å²) >= 11 is 0. The average molecular weight is 258 g/mol. The Labute approximate surface area is 108 Å². The van der Waals surface area contributed by atoms with Gasteiger partial charge in [-0.1, -0.05) is 30.3 Å². The van der Waals surface area contributed by atoms with Crippen LogP contribution < -0.4 is 10.7 Å². The number of hydrogen-bond donors (Lipinski definition) is 3. The van der Waals surface area contributed by atoms with Gasteiger partial charge in [0.05, 0.1) is 5.70 Å². The summed E-state index contributed by atoms with van der Waals surface area (Å²) in [7, 11) is 0. The van der Waals surface area contributed by atoms with Gasteiger partial charge in [0.25, 0.3) is 5.91 Å². The molecule has 1 aromatic rings. The Morgan fingerprint density at radius 2 is 2.05 bits per heavy atom. The topological polar surface area (TPSA) is 94.0 Å². The number of amidine groups is 1. The molecule has 0 spiro atoms. The number of carbonyl (C=O) groups is 2. The summed E-state index contributed by atoms with van der Waals surface area (Å²) in [5, 5.41) is 13.0. The molecule has 7 heteroatoms. The molecule has 0 unspecified atom stereocenters. The Bertz CT molecular complexity index is 609. The molecular weight excluding hydrogens is 248 g/mol.